The van der Waals surface area contributed by atoms with E-state index in [-0.39, 0.29) is 73.3 Å². The van der Waals surface area contributed by atoms with E-state index in [2.05, 4.69) is 0 Å². The molecule has 9 heavy (non-hydrogen) atoms. The summed E-state index contributed by atoms with van der Waals surface area (Å²) in [6.45, 7) is 0. The maximum absolute atomic E-state index is 7.17. The standard InChI is InChI=1S/BH3O3.K.4H2O.H/c2-1(3)4;;;;;;/h2-4H;;4*1H2;. The van der Waals surface area contributed by atoms with Crippen molar-refractivity contribution in [3.05, 3.63) is 0 Å². The van der Waals surface area contributed by atoms with E-state index in [0.29, 0.717) is 0 Å². The molecule has 0 bridgehead atoms. The molecular weight excluding hydrogens is 162 g/mol. The van der Waals surface area contributed by atoms with Crippen LogP contribution in [0.25, 0.3) is 0 Å². The molecule has 0 heterocycles. The van der Waals surface area contributed by atoms with Crippen molar-refractivity contribution < 1.29 is 37.0 Å². The monoisotopic (exact) mass is 174 g/mol. The Kier molecular flexibility index (Phi) is 180. The predicted octanol–water partition coefficient (Wildman–Crippen LogP) is -6.00. The van der Waals surface area contributed by atoms with Gasteiger partial charge in [0.2, 0.25) is 0 Å². The molecule has 0 fully saturated rings. The fourth-order valence-corrected chi connectivity index (χ4v) is 0. The van der Waals surface area contributed by atoms with Crippen molar-refractivity contribution in [1.29, 1.82) is 0 Å². The molecule has 0 unspecified atom stereocenters. The first-order chi connectivity index (χ1) is 1.73. The van der Waals surface area contributed by atoms with Crippen LogP contribution in [0.5, 0.6) is 0 Å². The Morgan fingerprint density at radius 2 is 0.667 bits per heavy atom. The summed E-state index contributed by atoms with van der Waals surface area (Å²) in [4.78, 5) is 0. The molecule has 7 nitrogen and oxygen atoms in total. The summed E-state index contributed by atoms with van der Waals surface area (Å²) in [6.07, 6.45) is 0. The second-order valence-corrected chi connectivity index (χ2v) is 0.346. The molecule has 0 atom stereocenters. The topological polar surface area (TPSA) is 187 Å². The van der Waals surface area contributed by atoms with E-state index in [1.165, 1.54) is 0 Å². The van der Waals surface area contributed by atoms with Crippen LogP contribution in [-0.4, -0.2) is 95.7 Å². The van der Waals surface area contributed by atoms with Crippen LogP contribution >= 0.6 is 0 Å². The number of hydrogen-bond acceptors (Lipinski definition) is 3. The van der Waals surface area contributed by atoms with Gasteiger partial charge in [0, 0.05) is 0 Å². The second kappa shape index (κ2) is 34.2. The first-order valence-corrected chi connectivity index (χ1v) is 0.775. The molecule has 0 aliphatic heterocycles. The minimum absolute atomic E-state index is 0. The van der Waals surface area contributed by atoms with Gasteiger partial charge in [-0.2, -0.15) is 0 Å². The van der Waals surface area contributed by atoms with Gasteiger partial charge in [-0.1, -0.05) is 0 Å². The van der Waals surface area contributed by atoms with Gasteiger partial charge in [0.1, 0.15) is 0 Å². The fourth-order valence-electron chi connectivity index (χ4n) is 0. The Morgan fingerprint density at radius 3 is 0.667 bits per heavy atom. The third-order valence-corrected chi connectivity index (χ3v) is 0. The van der Waals surface area contributed by atoms with Gasteiger partial charge < -0.3 is 37.0 Å². The van der Waals surface area contributed by atoms with Crippen molar-refractivity contribution in [2.75, 3.05) is 0 Å². The van der Waals surface area contributed by atoms with Gasteiger partial charge in [0.25, 0.3) is 0 Å². The summed E-state index contributed by atoms with van der Waals surface area (Å²) in [7, 11) is -2.17. The molecule has 0 radical (unpaired) electrons. The molecule has 0 aliphatic carbocycles. The zero-order valence-corrected chi connectivity index (χ0v) is 3.92. The molecule has 0 saturated heterocycles. The molecule has 0 spiro atoms. The molecule has 0 saturated carbocycles. The van der Waals surface area contributed by atoms with Crippen molar-refractivity contribution in [1.82, 2.24) is 0 Å². The van der Waals surface area contributed by atoms with Crippen LogP contribution in [-0.2, 0) is 0 Å². The summed E-state index contributed by atoms with van der Waals surface area (Å²) >= 11 is 0. The molecular formula is H12BKO7. The Morgan fingerprint density at radius 1 is 0.667 bits per heavy atom. The zero-order valence-electron chi connectivity index (χ0n) is 3.92. The summed E-state index contributed by atoms with van der Waals surface area (Å²) in [6, 6.07) is 0. The molecule has 9 heteroatoms. The van der Waals surface area contributed by atoms with E-state index in [1.807, 2.05) is 0 Å². The van der Waals surface area contributed by atoms with E-state index in [4.69, 9.17) is 15.1 Å². The van der Waals surface area contributed by atoms with Gasteiger partial charge in [-0.15, -0.1) is 0 Å². The Bertz CT molecular complexity index is 13.6. The SMILES string of the molecule is O.O.O.O.OB(O)O.[KH]. The third-order valence-electron chi connectivity index (χ3n) is 0. The van der Waals surface area contributed by atoms with Crippen molar-refractivity contribution in [2.24, 2.45) is 0 Å². The molecule has 0 aromatic heterocycles. The number of rotatable bonds is 0. The molecule has 0 rings (SSSR count). The summed E-state index contributed by atoms with van der Waals surface area (Å²) in [5.74, 6) is 0. The quantitative estimate of drug-likeness (QED) is 0.309. The average Bonchev–Trinajstić information content (AvgIpc) is 0.811. The van der Waals surface area contributed by atoms with E-state index in [9.17, 15) is 0 Å². The predicted molar refractivity (Wildman–Crippen MR) is 34.0 cm³/mol. The third kappa shape index (κ3) is 257. The van der Waals surface area contributed by atoms with E-state index >= 15 is 0 Å². The normalized spacial score (nSPS) is 3.00. The van der Waals surface area contributed by atoms with E-state index < -0.39 is 7.32 Å². The molecule has 0 aliphatic rings. The van der Waals surface area contributed by atoms with Crippen molar-refractivity contribution in [3.63, 3.8) is 0 Å². The maximum atomic E-state index is 7.17. The van der Waals surface area contributed by atoms with Crippen LogP contribution in [0.1, 0.15) is 0 Å². The number of hydrogen-bond donors (Lipinski definition) is 3. The minimum atomic E-state index is -2.17. The van der Waals surface area contributed by atoms with Crippen LogP contribution in [0.4, 0.5) is 0 Å². The summed E-state index contributed by atoms with van der Waals surface area (Å²) in [5.41, 5.74) is 0. The van der Waals surface area contributed by atoms with Crippen LogP contribution in [0.2, 0.25) is 0 Å². The summed E-state index contributed by atoms with van der Waals surface area (Å²) < 4.78 is 0. The van der Waals surface area contributed by atoms with Crippen LogP contribution < -0.4 is 0 Å². The Hall–Kier alpha value is 1.42. The Balaban J connectivity index is -0.00000000450. The zero-order chi connectivity index (χ0) is 3.58. The second-order valence-electron chi connectivity index (χ2n) is 0.346. The van der Waals surface area contributed by atoms with Gasteiger partial charge in [-0.05, 0) is 0 Å². The van der Waals surface area contributed by atoms with E-state index in [1.54, 1.807) is 0 Å². The average molecular weight is 174 g/mol. The van der Waals surface area contributed by atoms with Gasteiger partial charge in [0.05, 0.1) is 0 Å². The van der Waals surface area contributed by atoms with Crippen molar-refractivity contribution in [3.8, 4) is 0 Å². The van der Waals surface area contributed by atoms with Crippen molar-refractivity contribution >= 4 is 58.7 Å². The van der Waals surface area contributed by atoms with E-state index in [0.717, 1.165) is 0 Å². The molecule has 0 amide bonds. The first-order valence-electron chi connectivity index (χ1n) is 0.775. The van der Waals surface area contributed by atoms with Crippen molar-refractivity contribution in [2.45, 2.75) is 0 Å². The first kappa shape index (κ1) is 47.3. The Labute approximate surface area is 94.5 Å². The van der Waals surface area contributed by atoms with Gasteiger partial charge in [-0.3, -0.25) is 0 Å². The molecule has 11 N–H and O–H groups in total. The van der Waals surface area contributed by atoms with Crippen LogP contribution in [0.3, 0.4) is 0 Å². The molecule has 0 aromatic rings. The van der Waals surface area contributed by atoms with Crippen LogP contribution in [0, 0.1) is 0 Å². The van der Waals surface area contributed by atoms with Gasteiger partial charge in [-0.25, -0.2) is 0 Å². The summed E-state index contributed by atoms with van der Waals surface area (Å²) in [5, 5.41) is 21.5. The molecule has 0 aromatic carbocycles. The molecule has 58 valence electrons. The fraction of sp³-hybridized carbons (Fsp3) is 0. The van der Waals surface area contributed by atoms with Gasteiger partial charge >= 0.3 is 58.7 Å². The van der Waals surface area contributed by atoms with Gasteiger partial charge in [0.15, 0.2) is 0 Å². The van der Waals surface area contributed by atoms with Crippen LogP contribution in [0.15, 0.2) is 0 Å².